The fourth-order valence-corrected chi connectivity index (χ4v) is 2.05. The van der Waals surface area contributed by atoms with E-state index in [1.54, 1.807) is 11.6 Å². The van der Waals surface area contributed by atoms with Gasteiger partial charge in [-0.1, -0.05) is 30.3 Å². The molecule has 5 heteroatoms. The van der Waals surface area contributed by atoms with Crippen LogP contribution in [0.1, 0.15) is 25.1 Å². The van der Waals surface area contributed by atoms with Crippen LogP contribution < -0.4 is 5.73 Å². The van der Waals surface area contributed by atoms with Crippen LogP contribution in [0.4, 0.5) is 0 Å². The number of hydrogen-bond acceptors (Lipinski definition) is 4. The van der Waals surface area contributed by atoms with Crippen LogP contribution in [0.15, 0.2) is 36.4 Å². The van der Waals surface area contributed by atoms with Crippen molar-refractivity contribution in [1.82, 2.24) is 9.78 Å². The molecule has 2 rings (SSSR count). The van der Waals surface area contributed by atoms with Gasteiger partial charge in [-0.05, 0) is 18.6 Å². The molecule has 0 aliphatic carbocycles. The van der Waals surface area contributed by atoms with Crippen molar-refractivity contribution in [3.05, 3.63) is 42.1 Å². The van der Waals surface area contributed by atoms with E-state index in [0.29, 0.717) is 12.3 Å². The van der Waals surface area contributed by atoms with Crippen LogP contribution in [0.3, 0.4) is 0 Å². The Balaban J connectivity index is 2.17. The molecule has 0 aliphatic heterocycles. The lowest BCUT2D eigenvalue weighted by molar-refractivity contribution is -0.143. The van der Waals surface area contributed by atoms with E-state index in [4.69, 9.17) is 10.5 Å². The number of ether oxygens (including phenoxy) is 1. The van der Waals surface area contributed by atoms with Crippen LogP contribution in [0, 0.1) is 0 Å². The molecule has 0 fully saturated rings. The van der Waals surface area contributed by atoms with Gasteiger partial charge in [-0.3, -0.25) is 9.48 Å². The number of carbonyl (C=O) groups excluding carboxylic acids is 1. The first-order valence-corrected chi connectivity index (χ1v) is 6.62. The molecule has 0 aliphatic rings. The third kappa shape index (κ3) is 3.24. The molecule has 1 aromatic carbocycles. The number of aryl methyl sites for hydroxylation is 1. The van der Waals surface area contributed by atoms with Gasteiger partial charge in [0.2, 0.25) is 0 Å². The molecule has 106 valence electrons. The smallest absolute Gasteiger partial charge is 0.307 e. The maximum atomic E-state index is 11.5. The van der Waals surface area contributed by atoms with E-state index in [1.165, 1.54) is 0 Å². The van der Waals surface area contributed by atoms with E-state index in [-0.39, 0.29) is 12.4 Å². The quantitative estimate of drug-likeness (QED) is 0.846. The normalized spacial score (nSPS) is 12.2. The summed E-state index contributed by atoms with van der Waals surface area (Å²) in [5, 5.41) is 4.38. The molecule has 1 unspecified atom stereocenters. The molecular formula is C15H19N3O2. The standard InChI is InChI=1S/C15H19N3O2/c1-3-20-15(19)9-12(16)13-10-14(18(2)17-13)11-7-5-4-6-8-11/h4-8,10,12H,3,9,16H2,1-2H3. The summed E-state index contributed by atoms with van der Waals surface area (Å²) in [6.45, 7) is 2.14. The zero-order chi connectivity index (χ0) is 14.5. The minimum atomic E-state index is -0.447. The summed E-state index contributed by atoms with van der Waals surface area (Å²) in [6.07, 6.45) is 0.138. The Labute approximate surface area is 118 Å². The molecule has 0 radical (unpaired) electrons. The van der Waals surface area contributed by atoms with Crippen LogP contribution in [-0.4, -0.2) is 22.4 Å². The summed E-state index contributed by atoms with van der Waals surface area (Å²) in [4.78, 5) is 11.5. The summed E-state index contributed by atoms with van der Waals surface area (Å²) < 4.78 is 6.68. The molecule has 2 N–H and O–H groups in total. The lowest BCUT2D eigenvalue weighted by Gasteiger charge is -2.07. The Morgan fingerprint density at radius 3 is 2.75 bits per heavy atom. The number of rotatable bonds is 5. The summed E-state index contributed by atoms with van der Waals surface area (Å²) in [5.74, 6) is -0.299. The summed E-state index contributed by atoms with van der Waals surface area (Å²) in [7, 11) is 1.86. The molecule has 0 amide bonds. The highest BCUT2D eigenvalue weighted by Crippen LogP contribution is 2.22. The lowest BCUT2D eigenvalue weighted by atomic mass is 10.1. The van der Waals surface area contributed by atoms with Crippen LogP contribution in [0.5, 0.6) is 0 Å². The van der Waals surface area contributed by atoms with Gasteiger partial charge in [-0.15, -0.1) is 0 Å². The maximum absolute atomic E-state index is 11.5. The second-order valence-corrected chi connectivity index (χ2v) is 4.56. The summed E-state index contributed by atoms with van der Waals surface area (Å²) in [6, 6.07) is 11.4. The Morgan fingerprint density at radius 2 is 2.10 bits per heavy atom. The zero-order valence-electron chi connectivity index (χ0n) is 11.7. The molecule has 0 spiro atoms. The number of aromatic nitrogens is 2. The van der Waals surface area contributed by atoms with E-state index < -0.39 is 6.04 Å². The van der Waals surface area contributed by atoms with Crippen LogP contribution >= 0.6 is 0 Å². The van der Waals surface area contributed by atoms with Gasteiger partial charge in [0.15, 0.2) is 0 Å². The second-order valence-electron chi connectivity index (χ2n) is 4.56. The Bertz CT molecular complexity index is 578. The van der Waals surface area contributed by atoms with Gasteiger partial charge in [0.25, 0.3) is 0 Å². The first kappa shape index (κ1) is 14.3. The number of carbonyl (C=O) groups is 1. The third-order valence-corrected chi connectivity index (χ3v) is 3.04. The fraction of sp³-hybridized carbons (Fsp3) is 0.333. The molecule has 1 aromatic heterocycles. The Hall–Kier alpha value is -2.14. The largest absolute Gasteiger partial charge is 0.466 e. The topological polar surface area (TPSA) is 70.1 Å². The Kier molecular flexibility index (Phi) is 4.53. The average molecular weight is 273 g/mol. The number of nitrogens with two attached hydrogens (primary N) is 1. The molecular weight excluding hydrogens is 254 g/mol. The SMILES string of the molecule is CCOC(=O)CC(N)c1cc(-c2ccccc2)n(C)n1. The van der Waals surface area contributed by atoms with Crippen LogP contribution in [-0.2, 0) is 16.6 Å². The van der Waals surface area contributed by atoms with Crippen molar-refractivity contribution >= 4 is 5.97 Å². The molecule has 1 atom stereocenters. The molecule has 0 saturated heterocycles. The maximum Gasteiger partial charge on any atom is 0.307 e. The molecule has 2 aromatic rings. The van der Waals surface area contributed by atoms with E-state index in [1.807, 2.05) is 43.4 Å². The second kappa shape index (κ2) is 6.34. The van der Waals surface area contributed by atoms with Crippen molar-refractivity contribution in [3.8, 4) is 11.3 Å². The number of esters is 1. The molecule has 5 nitrogen and oxygen atoms in total. The van der Waals surface area contributed by atoms with E-state index in [2.05, 4.69) is 5.10 Å². The highest BCUT2D eigenvalue weighted by Gasteiger charge is 2.17. The van der Waals surface area contributed by atoms with Gasteiger partial charge >= 0.3 is 5.97 Å². The van der Waals surface area contributed by atoms with Crippen LogP contribution in [0.25, 0.3) is 11.3 Å². The lowest BCUT2D eigenvalue weighted by Crippen LogP contribution is -2.17. The molecule has 0 saturated carbocycles. The summed E-state index contributed by atoms with van der Waals surface area (Å²) >= 11 is 0. The Morgan fingerprint density at radius 1 is 1.40 bits per heavy atom. The van der Waals surface area contributed by atoms with Crippen LogP contribution in [0.2, 0.25) is 0 Å². The summed E-state index contributed by atoms with van der Waals surface area (Å²) in [5.41, 5.74) is 8.74. The minimum absolute atomic E-state index is 0.138. The van der Waals surface area contributed by atoms with Gasteiger partial charge in [-0.25, -0.2) is 0 Å². The van der Waals surface area contributed by atoms with Gasteiger partial charge in [0.1, 0.15) is 0 Å². The number of nitrogens with zero attached hydrogens (tertiary/aromatic N) is 2. The van der Waals surface area contributed by atoms with Gasteiger partial charge in [-0.2, -0.15) is 5.10 Å². The van der Waals surface area contributed by atoms with Crippen molar-refractivity contribution < 1.29 is 9.53 Å². The van der Waals surface area contributed by atoms with Crippen molar-refractivity contribution in [2.45, 2.75) is 19.4 Å². The number of benzene rings is 1. The minimum Gasteiger partial charge on any atom is -0.466 e. The zero-order valence-corrected chi connectivity index (χ0v) is 11.7. The van der Waals surface area contributed by atoms with Crippen molar-refractivity contribution in [2.24, 2.45) is 12.8 Å². The van der Waals surface area contributed by atoms with Crippen molar-refractivity contribution in [2.75, 3.05) is 6.61 Å². The van der Waals surface area contributed by atoms with Gasteiger partial charge in [0, 0.05) is 7.05 Å². The molecule has 1 heterocycles. The fourth-order valence-electron chi connectivity index (χ4n) is 2.05. The average Bonchev–Trinajstić information content (AvgIpc) is 2.82. The van der Waals surface area contributed by atoms with Crippen molar-refractivity contribution in [1.29, 1.82) is 0 Å². The monoisotopic (exact) mass is 273 g/mol. The predicted octanol–water partition coefficient (Wildman–Crippen LogP) is 2.04. The van der Waals surface area contributed by atoms with E-state index in [0.717, 1.165) is 11.3 Å². The van der Waals surface area contributed by atoms with Gasteiger partial charge < -0.3 is 10.5 Å². The number of hydrogen-bond donors (Lipinski definition) is 1. The highest BCUT2D eigenvalue weighted by atomic mass is 16.5. The van der Waals surface area contributed by atoms with E-state index in [9.17, 15) is 4.79 Å². The van der Waals surface area contributed by atoms with Gasteiger partial charge in [0.05, 0.1) is 30.5 Å². The molecule has 0 bridgehead atoms. The third-order valence-electron chi connectivity index (χ3n) is 3.04. The van der Waals surface area contributed by atoms with E-state index >= 15 is 0 Å². The first-order chi connectivity index (χ1) is 9.61. The molecule has 20 heavy (non-hydrogen) atoms. The van der Waals surface area contributed by atoms with Crippen molar-refractivity contribution in [3.63, 3.8) is 0 Å². The highest BCUT2D eigenvalue weighted by molar-refractivity contribution is 5.70. The first-order valence-electron chi connectivity index (χ1n) is 6.62. The predicted molar refractivity (Wildman–Crippen MR) is 76.8 cm³/mol.